The number of carbonyl (C=O) groups is 1. The number of ether oxygens (including phenoxy) is 1. The summed E-state index contributed by atoms with van der Waals surface area (Å²) < 4.78 is 38.1. The summed E-state index contributed by atoms with van der Waals surface area (Å²) in [5.74, 6) is 0.356. The largest absolute Gasteiger partial charge is 0.487 e. The molecule has 1 aliphatic rings. The lowest BCUT2D eigenvalue weighted by Gasteiger charge is -2.38. The molecule has 1 amide bonds. The quantitative estimate of drug-likeness (QED) is 0.167. The van der Waals surface area contributed by atoms with Crippen molar-refractivity contribution < 1.29 is 17.9 Å². The van der Waals surface area contributed by atoms with Gasteiger partial charge in [-0.2, -0.15) is 0 Å². The number of nitrogens with one attached hydrogen (secondary N) is 2. The highest BCUT2D eigenvalue weighted by Gasteiger charge is 2.37. The van der Waals surface area contributed by atoms with Gasteiger partial charge in [-0.25, -0.2) is 13.1 Å². The minimum atomic E-state index is -3.92. The number of aryl methyl sites for hydroxylation is 1. The Labute approximate surface area is 272 Å². The van der Waals surface area contributed by atoms with Crippen molar-refractivity contribution in [3.8, 4) is 5.75 Å². The van der Waals surface area contributed by atoms with Gasteiger partial charge in [0.15, 0.2) is 0 Å². The summed E-state index contributed by atoms with van der Waals surface area (Å²) >= 11 is 7.42. The molecule has 0 saturated heterocycles. The number of nitrogens with zero attached hydrogens (tertiary/aromatic N) is 1. The fraction of sp³-hybridized carbons (Fsp3) is 0.229. The summed E-state index contributed by atoms with van der Waals surface area (Å²) in [6, 6.07) is 29.4. The first-order valence-corrected chi connectivity index (χ1v) is 17.4. The van der Waals surface area contributed by atoms with Gasteiger partial charge >= 0.3 is 0 Å². The van der Waals surface area contributed by atoms with Gasteiger partial charge in [-0.05, 0) is 92.4 Å². The Morgan fingerprint density at radius 3 is 2.44 bits per heavy atom. The molecule has 2 heterocycles. The predicted octanol–water partition coefficient (Wildman–Crippen LogP) is 8.20. The van der Waals surface area contributed by atoms with Crippen LogP contribution in [0.25, 0.3) is 10.1 Å². The number of halogens is 1. The molecule has 0 unspecified atom stereocenters. The van der Waals surface area contributed by atoms with E-state index in [1.54, 1.807) is 42.2 Å². The molecular formula is C35H34ClN3O4S2. The van der Waals surface area contributed by atoms with Gasteiger partial charge in [0.25, 0.3) is 15.9 Å². The average Bonchev–Trinajstić information content (AvgIpc) is 3.35. The van der Waals surface area contributed by atoms with Crippen LogP contribution in [0.2, 0.25) is 5.02 Å². The Morgan fingerprint density at radius 2 is 1.71 bits per heavy atom. The van der Waals surface area contributed by atoms with Crippen LogP contribution in [0, 0.1) is 6.92 Å². The molecule has 4 aromatic carbocycles. The van der Waals surface area contributed by atoms with E-state index < -0.39 is 21.7 Å². The predicted molar refractivity (Wildman–Crippen MR) is 183 cm³/mol. The van der Waals surface area contributed by atoms with Gasteiger partial charge in [-0.3, -0.25) is 4.79 Å². The molecule has 232 valence electrons. The highest BCUT2D eigenvalue weighted by molar-refractivity contribution is 7.91. The van der Waals surface area contributed by atoms with E-state index in [9.17, 15) is 13.2 Å². The zero-order chi connectivity index (χ0) is 31.8. The highest BCUT2D eigenvalue weighted by Crippen LogP contribution is 2.42. The molecule has 0 saturated carbocycles. The summed E-state index contributed by atoms with van der Waals surface area (Å²) in [5.41, 5.74) is 2.83. The first-order chi connectivity index (χ1) is 21.5. The van der Waals surface area contributed by atoms with Crippen LogP contribution >= 0.6 is 22.9 Å². The molecule has 0 bridgehead atoms. The summed E-state index contributed by atoms with van der Waals surface area (Å²) in [6.45, 7) is 6.62. The second-order valence-electron chi connectivity index (χ2n) is 11.7. The first-order valence-electron chi connectivity index (χ1n) is 14.7. The number of anilines is 2. The summed E-state index contributed by atoms with van der Waals surface area (Å²) in [7, 11) is -3.92. The second kappa shape index (κ2) is 12.5. The van der Waals surface area contributed by atoms with Crippen molar-refractivity contribution in [2.24, 2.45) is 0 Å². The zero-order valence-corrected chi connectivity index (χ0v) is 27.6. The second-order valence-corrected chi connectivity index (χ2v) is 15.1. The monoisotopic (exact) mass is 659 g/mol. The number of para-hydroxylation sites is 2. The molecular weight excluding hydrogens is 626 g/mol. The van der Waals surface area contributed by atoms with E-state index in [-0.39, 0.29) is 10.1 Å². The number of thiophene rings is 1. The molecule has 0 aliphatic carbocycles. The third-order valence-corrected chi connectivity index (χ3v) is 11.5. The number of benzene rings is 4. The van der Waals surface area contributed by atoms with E-state index in [4.69, 9.17) is 16.3 Å². The topological polar surface area (TPSA) is 87.7 Å². The van der Waals surface area contributed by atoms with Crippen LogP contribution in [0.1, 0.15) is 47.8 Å². The van der Waals surface area contributed by atoms with E-state index in [0.717, 1.165) is 21.5 Å². The third kappa shape index (κ3) is 6.72. The highest BCUT2D eigenvalue weighted by atomic mass is 35.5. The van der Waals surface area contributed by atoms with Gasteiger partial charge in [-0.1, -0.05) is 48.0 Å². The number of carbonyl (C=O) groups excluding carboxylic acids is 1. The van der Waals surface area contributed by atoms with Crippen molar-refractivity contribution in [3.63, 3.8) is 0 Å². The van der Waals surface area contributed by atoms with Crippen LogP contribution < -0.4 is 19.7 Å². The lowest BCUT2D eigenvalue weighted by atomic mass is 9.89. The Bertz CT molecular complexity index is 1960. The Kier molecular flexibility index (Phi) is 8.63. The molecule has 1 atom stereocenters. The molecule has 1 aromatic heterocycles. The van der Waals surface area contributed by atoms with E-state index in [0.29, 0.717) is 47.0 Å². The first kappa shape index (κ1) is 31.1. The number of rotatable bonds is 9. The number of fused-ring (bicyclic) bond motifs is 2. The van der Waals surface area contributed by atoms with Crippen LogP contribution in [0.3, 0.4) is 0 Å². The van der Waals surface area contributed by atoms with Gasteiger partial charge in [0.2, 0.25) is 0 Å². The molecule has 0 spiro atoms. The van der Waals surface area contributed by atoms with Crippen LogP contribution in [-0.2, 0) is 10.0 Å². The van der Waals surface area contributed by atoms with Crippen molar-refractivity contribution in [1.29, 1.82) is 0 Å². The Morgan fingerprint density at radius 1 is 1.00 bits per heavy atom. The van der Waals surface area contributed by atoms with Gasteiger partial charge < -0.3 is 15.0 Å². The molecule has 45 heavy (non-hydrogen) atoms. The zero-order valence-electron chi connectivity index (χ0n) is 25.2. The molecule has 5 aromatic rings. The summed E-state index contributed by atoms with van der Waals surface area (Å²) in [5, 5.41) is 4.75. The average molecular weight is 660 g/mol. The van der Waals surface area contributed by atoms with Crippen molar-refractivity contribution in [2.45, 2.75) is 43.0 Å². The maximum absolute atomic E-state index is 14.1. The van der Waals surface area contributed by atoms with E-state index in [2.05, 4.69) is 10.0 Å². The van der Waals surface area contributed by atoms with Gasteiger partial charge in [0, 0.05) is 51.7 Å². The molecule has 0 fully saturated rings. The smallest absolute Gasteiger partial charge is 0.258 e. The van der Waals surface area contributed by atoms with Crippen molar-refractivity contribution in [3.05, 3.63) is 119 Å². The van der Waals surface area contributed by atoms with Gasteiger partial charge in [0.05, 0.1) is 6.04 Å². The van der Waals surface area contributed by atoms with Gasteiger partial charge in [-0.15, -0.1) is 11.3 Å². The van der Waals surface area contributed by atoms with Crippen molar-refractivity contribution in [1.82, 2.24) is 4.72 Å². The van der Waals surface area contributed by atoms with E-state index >= 15 is 0 Å². The molecule has 10 heteroatoms. The minimum absolute atomic E-state index is 0.192. The van der Waals surface area contributed by atoms with E-state index in [1.165, 1.54) is 11.3 Å². The van der Waals surface area contributed by atoms with Crippen molar-refractivity contribution in [2.75, 3.05) is 23.3 Å². The lowest BCUT2D eigenvalue weighted by molar-refractivity contribution is 0.0701. The van der Waals surface area contributed by atoms with Crippen molar-refractivity contribution >= 4 is 60.3 Å². The van der Waals surface area contributed by atoms with Gasteiger partial charge in [0.1, 0.15) is 15.6 Å². The SMILES string of the molecule is Cc1c(S(=O)(=O)N[C@H]2CC(C)(C)Oc3ccc(C(=O)N(CCNc4ccccc4)c4ccccc4)cc32)sc2ccc(Cl)cc12. The fourth-order valence-electron chi connectivity index (χ4n) is 5.74. The molecule has 7 nitrogen and oxygen atoms in total. The third-order valence-electron chi connectivity index (χ3n) is 7.86. The standard InChI is InChI=1S/C35H34ClN3O4S2/c1-23-28-21-25(36)15-17-32(28)44-34(23)45(41,42)38-30-22-35(2,3)43-31-16-14-24(20-29(30)31)33(40)39(27-12-8-5-9-13-27)19-18-37-26-10-6-4-7-11-26/h4-17,20-21,30,37-38H,18-19,22H2,1-3H3/t30-/m0/s1. The number of amides is 1. The maximum Gasteiger partial charge on any atom is 0.258 e. The minimum Gasteiger partial charge on any atom is -0.487 e. The normalized spacial score (nSPS) is 15.7. The number of sulfonamides is 1. The maximum atomic E-state index is 14.1. The van der Waals surface area contributed by atoms with Crippen LogP contribution in [0.5, 0.6) is 5.75 Å². The number of hydrogen-bond acceptors (Lipinski definition) is 6. The Hall–Kier alpha value is -3.89. The van der Waals surface area contributed by atoms with Crippen LogP contribution in [0.4, 0.5) is 11.4 Å². The summed E-state index contributed by atoms with van der Waals surface area (Å²) in [6.07, 6.45) is 0.385. The lowest BCUT2D eigenvalue weighted by Crippen LogP contribution is -2.41. The molecule has 2 N–H and O–H groups in total. The molecule has 0 radical (unpaired) electrons. The summed E-state index contributed by atoms with van der Waals surface area (Å²) in [4.78, 5) is 15.8. The molecule has 1 aliphatic heterocycles. The Balaban J connectivity index is 1.31. The van der Waals surface area contributed by atoms with E-state index in [1.807, 2.05) is 80.6 Å². The number of hydrogen-bond donors (Lipinski definition) is 2. The molecule has 6 rings (SSSR count). The van der Waals surface area contributed by atoms with Crippen LogP contribution in [-0.4, -0.2) is 33.0 Å². The van der Waals surface area contributed by atoms with Crippen LogP contribution in [0.15, 0.2) is 101 Å². The fourth-order valence-corrected chi connectivity index (χ4v) is 8.89.